The average Bonchev–Trinajstić information content (AvgIpc) is 3.11. The van der Waals surface area contributed by atoms with Gasteiger partial charge in [0.1, 0.15) is 0 Å². The number of benzene rings is 8. The maximum atomic E-state index is 8.75. The summed E-state index contributed by atoms with van der Waals surface area (Å²) in [6.45, 7) is 0. The Morgan fingerprint density at radius 2 is 0.605 bits per heavy atom. The lowest BCUT2D eigenvalue weighted by Crippen LogP contribution is -2.11. The zero-order valence-corrected chi connectivity index (χ0v) is 23.4. The van der Waals surface area contributed by atoms with E-state index in [4.69, 9.17) is 4.72 Å². The van der Waals surface area contributed by atoms with Gasteiger partial charge in [-0.05, 0) is 82.2 Å². The van der Waals surface area contributed by atoms with Crippen LogP contribution in [0.25, 0.3) is 32.3 Å². The first-order chi connectivity index (χ1) is 21.9. The van der Waals surface area contributed by atoms with Crippen molar-refractivity contribution in [3.05, 3.63) is 170 Å². The second kappa shape index (κ2) is 11.0. The van der Waals surface area contributed by atoms with Gasteiger partial charge in [0.2, 0.25) is 0 Å². The largest absolute Gasteiger partial charge is 0.310 e. The highest BCUT2D eigenvalue weighted by Gasteiger charge is 2.21. The molecule has 0 spiro atoms. The van der Waals surface area contributed by atoms with Crippen LogP contribution in [0.3, 0.4) is 0 Å². The molecule has 0 fully saturated rings. The molecule has 0 aliphatic rings. The van der Waals surface area contributed by atoms with Crippen LogP contribution in [0, 0.1) is 0 Å². The molecule has 0 saturated carbocycles. The number of rotatable bonds is 6. The lowest BCUT2D eigenvalue weighted by Gasteiger charge is -2.29. The molecule has 0 aromatic heterocycles. The van der Waals surface area contributed by atoms with E-state index < -0.39 is 0 Å². The van der Waals surface area contributed by atoms with Gasteiger partial charge in [0.25, 0.3) is 1.45 Å². The van der Waals surface area contributed by atoms with Gasteiger partial charge in [-0.25, -0.2) is 0 Å². The van der Waals surface area contributed by atoms with Gasteiger partial charge in [0, 0.05) is 33.5 Å². The summed E-state index contributed by atoms with van der Waals surface area (Å²) >= 11 is 0. The Labute approximate surface area is 251 Å². The summed E-state index contributed by atoms with van der Waals surface area (Å²) in [6.07, 6.45) is 0. The van der Waals surface area contributed by atoms with Crippen molar-refractivity contribution >= 4 is 66.4 Å². The first kappa shape index (κ1) is 25.1. The van der Waals surface area contributed by atoms with Crippen molar-refractivity contribution in [1.29, 1.82) is 1.45 Å². The monoisotopic (exact) mass is 557 g/mol. The van der Waals surface area contributed by atoms with Crippen molar-refractivity contribution in [3.63, 3.8) is 0 Å². The summed E-state index contributed by atoms with van der Waals surface area (Å²) in [7, 11) is 0. The second-order valence-corrected chi connectivity index (χ2v) is 10.6. The molecule has 3 heteroatoms. The van der Waals surface area contributed by atoms with Crippen LogP contribution in [-0.2, 0) is 0 Å². The SMILES string of the molecule is [2H]F.c1ccc(N(c2ccccc2)c2ccc3ccc4c(N(c5ccccc5)c5ccccc5)ccc5ccc2c3c54)cc1. The third-order valence-corrected chi connectivity index (χ3v) is 8.16. The van der Waals surface area contributed by atoms with Crippen LogP contribution in [-0.4, -0.2) is 1.45 Å². The minimum Gasteiger partial charge on any atom is -0.310 e. The van der Waals surface area contributed by atoms with E-state index in [1.54, 1.807) is 0 Å². The average molecular weight is 558 g/mol. The van der Waals surface area contributed by atoms with Gasteiger partial charge in [-0.15, -0.1) is 0 Å². The Bertz CT molecular complexity index is 1900. The quantitative estimate of drug-likeness (QED) is 0.188. The van der Waals surface area contributed by atoms with Crippen LogP contribution < -0.4 is 9.80 Å². The molecule has 8 aromatic carbocycles. The lowest BCUT2D eigenvalue weighted by molar-refractivity contribution is 1.11. The highest BCUT2D eigenvalue weighted by molar-refractivity contribution is 6.28. The molecule has 0 amide bonds. The molecule has 8 aromatic rings. The second-order valence-electron chi connectivity index (χ2n) is 10.6. The van der Waals surface area contributed by atoms with Crippen LogP contribution in [0.5, 0.6) is 0 Å². The minimum atomic E-state index is 1.14. The van der Waals surface area contributed by atoms with Crippen molar-refractivity contribution in [2.45, 2.75) is 0 Å². The lowest BCUT2D eigenvalue weighted by atomic mass is 9.91. The minimum absolute atomic E-state index is 1.14. The van der Waals surface area contributed by atoms with Crippen molar-refractivity contribution in [1.82, 2.24) is 0 Å². The van der Waals surface area contributed by atoms with Crippen LogP contribution in [0.2, 0.25) is 0 Å². The van der Waals surface area contributed by atoms with Gasteiger partial charge in [-0.3, -0.25) is 4.72 Å². The van der Waals surface area contributed by atoms with Crippen molar-refractivity contribution in [2.24, 2.45) is 0 Å². The summed E-state index contributed by atoms with van der Waals surface area (Å²) in [4.78, 5) is 4.74. The highest BCUT2D eigenvalue weighted by atomic mass is 19.0. The Kier molecular flexibility index (Phi) is 6.39. The first-order valence-corrected chi connectivity index (χ1v) is 14.4. The number of para-hydroxylation sites is 4. The molecule has 2 nitrogen and oxygen atoms in total. The third-order valence-electron chi connectivity index (χ3n) is 8.16. The molecule has 0 N–H and O–H groups in total. The molecule has 0 unspecified atom stereocenters. The van der Waals surface area contributed by atoms with Gasteiger partial charge in [0.15, 0.2) is 0 Å². The summed E-state index contributed by atoms with van der Waals surface area (Å²) in [5.74, 6) is 0. The van der Waals surface area contributed by atoms with E-state index in [9.17, 15) is 0 Å². The van der Waals surface area contributed by atoms with E-state index in [0.717, 1.165) is 22.7 Å². The number of anilines is 6. The van der Waals surface area contributed by atoms with E-state index in [-0.39, 0.29) is 0 Å². The number of hydrogen-bond donors (Lipinski definition) is 0. The van der Waals surface area contributed by atoms with E-state index >= 15 is 0 Å². The normalized spacial score (nSPS) is 11.2. The maximum Gasteiger partial charge on any atom is 0.269 e. The maximum absolute atomic E-state index is 8.75. The summed E-state index contributed by atoms with van der Waals surface area (Å²) in [5, 5.41) is 7.56. The Morgan fingerprint density at radius 1 is 0.326 bits per heavy atom. The van der Waals surface area contributed by atoms with E-state index in [1.807, 2.05) is 0 Å². The first-order valence-electron chi connectivity index (χ1n) is 14.8. The molecule has 0 aliphatic carbocycles. The van der Waals surface area contributed by atoms with E-state index in [0.29, 0.717) is 0 Å². The zero-order valence-electron chi connectivity index (χ0n) is 24.4. The molecular formula is C40H29FN2. The molecule has 8 rings (SSSR count). The molecule has 206 valence electrons. The summed E-state index contributed by atoms with van der Waals surface area (Å²) in [6, 6.07) is 60.8. The van der Waals surface area contributed by atoms with Crippen LogP contribution >= 0.6 is 0 Å². The predicted octanol–water partition coefficient (Wildman–Crippen LogP) is 11.7. The van der Waals surface area contributed by atoms with Gasteiger partial charge < -0.3 is 9.80 Å². The number of hydrogen-bond acceptors (Lipinski definition) is 2. The fourth-order valence-corrected chi connectivity index (χ4v) is 6.32. The topological polar surface area (TPSA) is 6.48 Å². The molecular weight excluding hydrogens is 527 g/mol. The molecule has 0 radical (unpaired) electrons. The van der Waals surface area contributed by atoms with Crippen molar-refractivity contribution in [3.8, 4) is 0 Å². The van der Waals surface area contributed by atoms with Crippen LogP contribution in [0.15, 0.2) is 170 Å². The van der Waals surface area contributed by atoms with Crippen molar-refractivity contribution < 1.29 is 4.72 Å². The highest BCUT2D eigenvalue weighted by Crippen LogP contribution is 2.47. The fraction of sp³-hybridized carbons (Fsp3) is 0. The fourth-order valence-electron chi connectivity index (χ4n) is 6.32. The molecule has 0 bridgehead atoms. The Morgan fingerprint density at radius 3 is 0.907 bits per heavy atom. The van der Waals surface area contributed by atoms with Gasteiger partial charge >= 0.3 is 0 Å². The summed E-state index contributed by atoms with van der Waals surface area (Å²) in [5.41, 5.74) is 6.89. The molecule has 0 aliphatic heterocycles. The Hall–Kier alpha value is -5.67. The molecule has 43 heavy (non-hydrogen) atoms. The number of nitrogens with zero attached hydrogens (tertiary/aromatic N) is 2. The van der Waals surface area contributed by atoms with Crippen LogP contribution in [0.1, 0.15) is 0 Å². The molecule has 0 saturated heterocycles. The van der Waals surface area contributed by atoms with Gasteiger partial charge in [-0.2, -0.15) is 0 Å². The number of halogens is 1. The molecule has 0 atom stereocenters. The third kappa shape index (κ3) is 4.43. The van der Waals surface area contributed by atoms with Gasteiger partial charge in [0.05, 0.1) is 11.4 Å². The summed E-state index contributed by atoms with van der Waals surface area (Å²) < 4.78 is 13.0. The standard InChI is InChI=1S/C40H28N2.FH/c1-5-13-31(14-6-1)41(32-15-7-2-8-16-32)37-27-23-29-22-26-36-38(28-24-30-21-25-35(37)39(29)40(30)36)42(33-17-9-3-10-18-33)34-19-11-4-12-20-34;/h1-28H;1H/i/hD. The Balaban J connectivity index is 0.00000153. The van der Waals surface area contributed by atoms with E-state index in [2.05, 4.69) is 181 Å². The molecule has 0 heterocycles. The smallest absolute Gasteiger partial charge is 0.269 e. The predicted molar refractivity (Wildman–Crippen MR) is 182 cm³/mol. The van der Waals surface area contributed by atoms with Gasteiger partial charge in [-0.1, -0.05) is 109 Å². The van der Waals surface area contributed by atoms with Crippen LogP contribution in [0.4, 0.5) is 38.8 Å². The zero-order chi connectivity index (χ0) is 29.9. The van der Waals surface area contributed by atoms with Crippen molar-refractivity contribution in [2.75, 3.05) is 9.80 Å². The van der Waals surface area contributed by atoms with E-state index in [1.165, 1.54) is 43.7 Å².